The van der Waals surface area contributed by atoms with Crippen LogP contribution in [0.2, 0.25) is 0 Å². The molecule has 2 heterocycles. The molecule has 0 spiro atoms. The highest BCUT2D eigenvalue weighted by Crippen LogP contribution is 2.40. The van der Waals surface area contributed by atoms with E-state index in [0.717, 1.165) is 49.8 Å². The van der Waals surface area contributed by atoms with Gasteiger partial charge in [-0.1, -0.05) is 152 Å². The minimum Gasteiger partial charge on any atom is -0.456 e. The average Bonchev–Trinajstić information content (AvgIpc) is 3.60. The topological polar surface area (TPSA) is 51.8 Å². The van der Waals surface area contributed by atoms with Crippen molar-refractivity contribution in [2.24, 2.45) is 0 Å². The maximum Gasteiger partial charge on any atom is 0.164 e. The van der Waals surface area contributed by atoms with Crippen LogP contribution in [0, 0.1) is 0 Å². The first-order chi connectivity index (χ1) is 25.3. The smallest absolute Gasteiger partial charge is 0.164 e. The van der Waals surface area contributed by atoms with Gasteiger partial charge < -0.3 is 4.42 Å². The number of hydrogen-bond donors (Lipinski definition) is 0. The number of furan rings is 1. The van der Waals surface area contributed by atoms with Crippen LogP contribution in [0.4, 0.5) is 0 Å². The van der Waals surface area contributed by atoms with E-state index in [1.165, 1.54) is 32.7 Å². The van der Waals surface area contributed by atoms with Gasteiger partial charge >= 0.3 is 0 Å². The van der Waals surface area contributed by atoms with Gasteiger partial charge in [-0.3, -0.25) is 0 Å². The molecule has 0 radical (unpaired) electrons. The van der Waals surface area contributed by atoms with Gasteiger partial charge in [0.05, 0.1) is 0 Å². The molecule has 0 N–H and O–H groups in total. The molecule has 4 nitrogen and oxygen atoms in total. The predicted octanol–water partition coefficient (Wildman–Crippen LogP) is 12.4. The van der Waals surface area contributed by atoms with Crippen LogP contribution >= 0.6 is 0 Å². The van der Waals surface area contributed by atoms with Gasteiger partial charge in [0.2, 0.25) is 0 Å². The molecule has 0 unspecified atom stereocenters. The maximum absolute atomic E-state index is 6.25. The molecule has 0 aliphatic rings. The number of rotatable bonds is 5. The fraction of sp³-hybridized carbons (Fsp3) is 0. The molecule has 8 aromatic carbocycles. The van der Waals surface area contributed by atoms with Gasteiger partial charge in [-0.25, -0.2) is 15.0 Å². The molecule has 2 aromatic heterocycles. The summed E-state index contributed by atoms with van der Waals surface area (Å²) in [6.45, 7) is 0. The van der Waals surface area contributed by atoms with E-state index in [2.05, 4.69) is 115 Å². The lowest BCUT2D eigenvalue weighted by Crippen LogP contribution is -2.01. The van der Waals surface area contributed by atoms with Crippen LogP contribution in [0.5, 0.6) is 0 Å². The van der Waals surface area contributed by atoms with Gasteiger partial charge in [0.1, 0.15) is 11.2 Å². The zero-order valence-electron chi connectivity index (χ0n) is 27.5. The summed E-state index contributed by atoms with van der Waals surface area (Å²) >= 11 is 0. The second kappa shape index (κ2) is 11.9. The van der Waals surface area contributed by atoms with Gasteiger partial charge in [0.25, 0.3) is 0 Å². The Bertz CT molecular complexity index is 2910. The predicted molar refractivity (Wildman–Crippen MR) is 209 cm³/mol. The molecule has 0 atom stereocenters. The summed E-state index contributed by atoms with van der Waals surface area (Å²) in [7, 11) is 0. The van der Waals surface area contributed by atoms with E-state index in [9.17, 15) is 0 Å². The zero-order chi connectivity index (χ0) is 33.7. The third-order valence-electron chi connectivity index (χ3n) is 9.74. The van der Waals surface area contributed by atoms with E-state index < -0.39 is 0 Å². The van der Waals surface area contributed by atoms with E-state index in [4.69, 9.17) is 19.4 Å². The van der Waals surface area contributed by atoms with E-state index in [0.29, 0.717) is 17.5 Å². The number of nitrogens with zero attached hydrogens (tertiary/aromatic N) is 3. The molecular formula is C47H29N3O. The molecule has 0 bridgehead atoms. The van der Waals surface area contributed by atoms with Crippen molar-refractivity contribution in [1.82, 2.24) is 15.0 Å². The van der Waals surface area contributed by atoms with Crippen LogP contribution in [0.25, 0.3) is 99.9 Å². The summed E-state index contributed by atoms with van der Waals surface area (Å²) in [5.41, 5.74) is 9.01. The fourth-order valence-electron chi connectivity index (χ4n) is 7.35. The summed E-state index contributed by atoms with van der Waals surface area (Å²) in [4.78, 5) is 15.4. The molecule has 0 aliphatic carbocycles. The summed E-state index contributed by atoms with van der Waals surface area (Å²) in [6.07, 6.45) is 0. The molecule has 238 valence electrons. The van der Waals surface area contributed by atoms with Crippen LogP contribution in [-0.4, -0.2) is 15.0 Å². The molecule has 4 heteroatoms. The van der Waals surface area contributed by atoms with E-state index in [1.54, 1.807) is 0 Å². The Morgan fingerprint density at radius 2 is 0.902 bits per heavy atom. The number of hydrogen-bond acceptors (Lipinski definition) is 4. The largest absolute Gasteiger partial charge is 0.456 e. The number of fused-ring (bicyclic) bond motifs is 6. The average molecular weight is 652 g/mol. The van der Waals surface area contributed by atoms with Crippen molar-refractivity contribution in [3.8, 4) is 56.4 Å². The van der Waals surface area contributed by atoms with Crippen LogP contribution < -0.4 is 0 Å². The van der Waals surface area contributed by atoms with Crippen molar-refractivity contribution in [2.75, 3.05) is 0 Å². The van der Waals surface area contributed by atoms with Gasteiger partial charge in [0, 0.05) is 27.5 Å². The minimum absolute atomic E-state index is 0.601. The van der Waals surface area contributed by atoms with Gasteiger partial charge in [-0.05, 0) is 68.1 Å². The fourth-order valence-corrected chi connectivity index (χ4v) is 7.35. The van der Waals surface area contributed by atoms with E-state index in [1.807, 2.05) is 60.7 Å². The van der Waals surface area contributed by atoms with Gasteiger partial charge in [-0.2, -0.15) is 0 Å². The van der Waals surface area contributed by atoms with Crippen molar-refractivity contribution in [2.45, 2.75) is 0 Å². The third-order valence-corrected chi connectivity index (χ3v) is 9.74. The third kappa shape index (κ3) is 4.96. The lowest BCUT2D eigenvalue weighted by atomic mass is 9.90. The molecule has 0 amide bonds. The molecule has 0 saturated heterocycles. The van der Waals surface area contributed by atoms with Crippen LogP contribution in [0.3, 0.4) is 0 Å². The zero-order valence-corrected chi connectivity index (χ0v) is 27.5. The molecule has 51 heavy (non-hydrogen) atoms. The van der Waals surface area contributed by atoms with Crippen molar-refractivity contribution >= 4 is 43.5 Å². The summed E-state index contributed by atoms with van der Waals surface area (Å²) in [5, 5.41) is 6.89. The quantitative estimate of drug-likeness (QED) is 0.174. The monoisotopic (exact) mass is 651 g/mol. The highest BCUT2D eigenvalue weighted by atomic mass is 16.3. The Labute approximate surface area is 294 Å². The Balaban J connectivity index is 1.18. The van der Waals surface area contributed by atoms with Gasteiger partial charge in [0.15, 0.2) is 17.5 Å². The second-order valence-corrected chi connectivity index (χ2v) is 12.8. The SMILES string of the molecule is c1ccc(-c2nc(-c3ccccc3-c3ccc4cc(-c5ccccc5)c5ccccc5c4c3)nc(-c3cccc4oc5ccccc5c34)n2)cc1. The number of aromatic nitrogens is 3. The lowest BCUT2D eigenvalue weighted by Gasteiger charge is -2.15. The van der Waals surface area contributed by atoms with Crippen molar-refractivity contribution in [3.05, 3.63) is 176 Å². The standard InChI is InChI=1S/C47H29N3O/c1-3-14-30(15-4-1)40-29-33-27-26-32(28-41(33)36-20-9-8-19-35(36)40)34-18-7-10-21-37(34)46-48-45(31-16-5-2-6-17-31)49-47(50-46)39-23-13-25-43-44(39)38-22-11-12-24-42(38)51-43/h1-29H. The molecule has 0 fully saturated rings. The van der Waals surface area contributed by atoms with E-state index >= 15 is 0 Å². The number of benzene rings is 8. The first-order valence-corrected chi connectivity index (χ1v) is 17.1. The molecule has 10 aromatic rings. The molecular weight excluding hydrogens is 623 g/mol. The minimum atomic E-state index is 0.601. The highest BCUT2D eigenvalue weighted by Gasteiger charge is 2.19. The van der Waals surface area contributed by atoms with Crippen molar-refractivity contribution in [1.29, 1.82) is 0 Å². The van der Waals surface area contributed by atoms with Crippen LogP contribution in [-0.2, 0) is 0 Å². The lowest BCUT2D eigenvalue weighted by molar-refractivity contribution is 0.669. The number of para-hydroxylation sites is 1. The Morgan fingerprint density at radius 1 is 0.314 bits per heavy atom. The van der Waals surface area contributed by atoms with Crippen LogP contribution in [0.15, 0.2) is 180 Å². The first kappa shape index (κ1) is 29.0. The first-order valence-electron chi connectivity index (χ1n) is 17.1. The second-order valence-electron chi connectivity index (χ2n) is 12.8. The normalized spacial score (nSPS) is 11.5. The maximum atomic E-state index is 6.25. The molecule has 0 aliphatic heterocycles. The van der Waals surface area contributed by atoms with Gasteiger partial charge in [-0.15, -0.1) is 0 Å². The molecule has 10 rings (SSSR count). The molecule has 0 saturated carbocycles. The Hall–Kier alpha value is -6.91. The Morgan fingerprint density at radius 3 is 1.71 bits per heavy atom. The summed E-state index contributed by atoms with van der Waals surface area (Å²) in [6, 6.07) is 61.1. The highest BCUT2D eigenvalue weighted by molar-refractivity contribution is 6.15. The summed E-state index contributed by atoms with van der Waals surface area (Å²) < 4.78 is 6.25. The van der Waals surface area contributed by atoms with E-state index in [-0.39, 0.29) is 0 Å². The van der Waals surface area contributed by atoms with Crippen molar-refractivity contribution in [3.63, 3.8) is 0 Å². The van der Waals surface area contributed by atoms with Crippen molar-refractivity contribution < 1.29 is 4.42 Å². The Kier molecular flexibility index (Phi) is 6.78. The van der Waals surface area contributed by atoms with Crippen LogP contribution in [0.1, 0.15) is 0 Å². The summed E-state index contributed by atoms with van der Waals surface area (Å²) in [5.74, 6) is 1.83.